The van der Waals surface area contributed by atoms with Gasteiger partial charge in [-0.15, -0.1) is 11.3 Å². The molecule has 0 amide bonds. The van der Waals surface area contributed by atoms with Gasteiger partial charge in [0.2, 0.25) is 0 Å². The molecule has 0 saturated carbocycles. The van der Waals surface area contributed by atoms with E-state index in [4.69, 9.17) is 0 Å². The Hall–Kier alpha value is -1.91. The third-order valence-corrected chi connectivity index (χ3v) is 5.23. The van der Waals surface area contributed by atoms with Crippen molar-refractivity contribution in [3.05, 3.63) is 64.8 Å². The van der Waals surface area contributed by atoms with Gasteiger partial charge in [-0.25, -0.2) is 4.39 Å². The molecule has 2 aromatic carbocycles. The molecule has 22 heavy (non-hydrogen) atoms. The summed E-state index contributed by atoms with van der Waals surface area (Å²) in [5.41, 5.74) is 2.49. The molecule has 1 aliphatic heterocycles. The van der Waals surface area contributed by atoms with Crippen LogP contribution in [-0.4, -0.2) is 13.1 Å². The molecule has 0 aliphatic carbocycles. The Morgan fingerprint density at radius 2 is 2.00 bits per heavy atom. The molecule has 4 heteroatoms. The van der Waals surface area contributed by atoms with Crippen molar-refractivity contribution in [3.8, 4) is 0 Å². The zero-order chi connectivity index (χ0) is 14.9. The summed E-state index contributed by atoms with van der Waals surface area (Å²) in [5, 5.41) is 4.51. The average molecular weight is 312 g/mol. The van der Waals surface area contributed by atoms with E-state index >= 15 is 0 Å². The summed E-state index contributed by atoms with van der Waals surface area (Å²) in [4.78, 5) is 3.68. The van der Waals surface area contributed by atoms with Crippen LogP contribution in [0.3, 0.4) is 0 Å². The molecule has 0 fully saturated rings. The second-order valence-corrected chi connectivity index (χ2v) is 6.74. The first-order valence-electron chi connectivity index (χ1n) is 7.52. The third kappa shape index (κ3) is 2.49. The summed E-state index contributed by atoms with van der Waals surface area (Å²) in [6.45, 7) is 3.61. The van der Waals surface area contributed by atoms with E-state index in [0.29, 0.717) is 0 Å². The van der Waals surface area contributed by atoms with Gasteiger partial charge in [0.25, 0.3) is 0 Å². The zero-order valence-corrected chi connectivity index (χ0v) is 13.0. The highest BCUT2D eigenvalue weighted by Crippen LogP contribution is 2.40. The lowest BCUT2D eigenvalue weighted by molar-refractivity contribution is 0.630. The first-order valence-corrected chi connectivity index (χ1v) is 8.33. The van der Waals surface area contributed by atoms with Crippen LogP contribution in [0.2, 0.25) is 0 Å². The quantitative estimate of drug-likeness (QED) is 0.765. The monoisotopic (exact) mass is 312 g/mol. The average Bonchev–Trinajstić information content (AvgIpc) is 2.77. The number of fused-ring (bicyclic) bond motifs is 3. The minimum atomic E-state index is -0.162. The summed E-state index contributed by atoms with van der Waals surface area (Å²) in [7, 11) is 0. The van der Waals surface area contributed by atoms with Crippen molar-refractivity contribution in [1.82, 2.24) is 5.32 Å². The van der Waals surface area contributed by atoms with E-state index < -0.39 is 0 Å². The van der Waals surface area contributed by atoms with Crippen LogP contribution in [0.15, 0.2) is 48.5 Å². The first-order chi connectivity index (χ1) is 10.8. The number of rotatable bonds is 2. The van der Waals surface area contributed by atoms with Crippen molar-refractivity contribution >= 4 is 27.1 Å². The highest BCUT2D eigenvalue weighted by Gasteiger charge is 2.21. The molecular formula is C18H17FN2S. The van der Waals surface area contributed by atoms with Gasteiger partial charge in [0.15, 0.2) is 0 Å². The van der Waals surface area contributed by atoms with E-state index in [9.17, 15) is 4.39 Å². The van der Waals surface area contributed by atoms with Crippen molar-refractivity contribution in [3.63, 3.8) is 0 Å². The standard InChI is InChI=1S/C18H17FN2S/c19-14-6-7-16-15(10-14)18-17(22-16)11-20-8-9-21(18)12-13-4-2-1-3-5-13/h1-7,10,20H,8-9,11-12H2. The van der Waals surface area contributed by atoms with Gasteiger partial charge in [-0.3, -0.25) is 0 Å². The molecule has 4 rings (SSSR count). The Balaban J connectivity index is 1.81. The molecule has 1 aromatic heterocycles. The van der Waals surface area contributed by atoms with E-state index in [-0.39, 0.29) is 5.82 Å². The summed E-state index contributed by atoms with van der Waals surface area (Å²) < 4.78 is 14.9. The van der Waals surface area contributed by atoms with Gasteiger partial charge in [-0.05, 0) is 23.8 Å². The van der Waals surface area contributed by atoms with Crippen LogP contribution in [0.4, 0.5) is 10.1 Å². The summed E-state index contributed by atoms with van der Waals surface area (Å²) in [5.74, 6) is -0.162. The molecule has 0 bridgehead atoms. The van der Waals surface area contributed by atoms with Gasteiger partial charge in [0, 0.05) is 41.1 Å². The fourth-order valence-corrected chi connectivity index (χ4v) is 4.24. The Labute approximate surface area is 133 Å². The van der Waals surface area contributed by atoms with Crippen molar-refractivity contribution in [2.24, 2.45) is 0 Å². The Morgan fingerprint density at radius 3 is 2.86 bits per heavy atom. The summed E-state index contributed by atoms with van der Waals surface area (Å²) >= 11 is 1.77. The lowest BCUT2D eigenvalue weighted by Gasteiger charge is -2.23. The summed E-state index contributed by atoms with van der Waals surface area (Å²) in [6.07, 6.45) is 0. The highest BCUT2D eigenvalue weighted by molar-refractivity contribution is 7.19. The molecule has 1 N–H and O–H groups in total. The lowest BCUT2D eigenvalue weighted by atomic mass is 10.1. The second-order valence-electron chi connectivity index (χ2n) is 5.60. The van der Waals surface area contributed by atoms with E-state index in [1.54, 1.807) is 23.5 Å². The van der Waals surface area contributed by atoms with Gasteiger partial charge >= 0.3 is 0 Å². The molecular weight excluding hydrogens is 295 g/mol. The largest absolute Gasteiger partial charge is 0.364 e. The fraction of sp³-hybridized carbons (Fsp3) is 0.222. The molecule has 0 radical (unpaired) electrons. The molecule has 2 nitrogen and oxygen atoms in total. The van der Waals surface area contributed by atoms with E-state index in [0.717, 1.165) is 36.3 Å². The van der Waals surface area contributed by atoms with Gasteiger partial charge < -0.3 is 10.2 Å². The first kappa shape index (κ1) is 13.7. The normalized spacial score (nSPS) is 14.9. The smallest absolute Gasteiger partial charge is 0.123 e. The molecule has 112 valence electrons. The predicted molar refractivity (Wildman–Crippen MR) is 91.0 cm³/mol. The van der Waals surface area contributed by atoms with Crippen LogP contribution >= 0.6 is 11.3 Å². The Morgan fingerprint density at radius 1 is 1.14 bits per heavy atom. The number of nitrogens with zero attached hydrogens (tertiary/aromatic N) is 1. The number of nitrogens with one attached hydrogen (secondary N) is 1. The van der Waals surface area contributed by atoms with Crippen LogP contribution in [0, 0.1) is 5.82 Å². The lowest BCUT2D eigenvalue weighted by Crippen LogP contribution is -2.28. The van der Waals surface area contributed by atoms with Crippen molar-refractivity contribution in [2.45, 2.75) is 13.1 Å². The molecule has 0 spiro atoms. The highest BCUT2D eigenvalue weighted by atomic mass is 32.1. The molecule has 1 aliphatic rings. The molecule has 0 unspecified atom stereocenters. The number of anilines is 1. The minimum absolute atomic E-state index is 0.162. The maximum atomic E-state index is 13.7. The Bertz CT molecular complexity index is 797. The van der Waals surface area contributed by atoms with Gasteiger partial charge in [-0.1, -0.05) is 30.3 Å². The van der Waals surface area contributed by atoms with E-state index in [2.05, 4.69) is 34.5 Å². The predicted octanol–water partition coefficient (Wildman–Crippen LogP) is 4.15. The summed E-state index contributed by atoms with van der Waals surface area (Å²) in [6, 6.07) is 15.6. The van der Waals surface area contributed by atoms with E-state index in [1.165, 1.54) is 16.1 Å². The third-order valence-electron chi connectivity index (χ3n) is 4.07. The van der Waals surface area contributed by atoms with Crippen molar-refractivity contribution in [1.29, 1.82) is 0 Å². The maximum absolute atomic E-state index is 13.7. The molecule has 0 saturated heterocycles. The molecule has 2 heterocycles. The van der Waals surface area contributed by atoms with Crippen LogP contribution < -0.4 is 10.2 Å². The number of halogens is 1. The van der Waals surface area contributed by atoms with Crippen LogP contribution in [0.25, 0.3) is 10.1 Å². The SMILES string of the molecule is Fc1ccc2sc3c(c2c1)N(Cc1ccccc1)CCNC3. The fourth-order valence-electron chi connectivity index (χ4n) is 3.06. The van der Waals surface area contributed by atoms with Gasteiger partial charge in [0.05, 0.1) is 5.69 Å². The molecule has 0 atom stereocenters. The molecule has 3 aromatic rings. The van der Waals surface area contributed by atoms with Crippen LogP contribution in [-0.2, 0) is 13.1 Å². The number of hydrogen-bond donors (Lipinski definition) is 1. The van der Waals surface area contributed by atoms with Crippen LogP contribution in [0.1, 0.15) is 10.4 Å². The van der Waals surface area contributed by atoms with Gasteiger partial charge in [0.1, 0.15) is 5.82 Å². The maximum Gasteiger partial charge on any atom is 0.123 e. The van der Waals surface area contributed by atoms with Crippen molar-refractivity contribution < 1.29 is 4.39 Å². The second kappa shape index (κ2) is 5.71. The van der Waals surface area contributed by atoms with Gasteiger partial charge in [-0.2, -0.15) is 0 Å². The van der Waals surface area contributed by atoms with Crippen LogP contribution in [0.5, 0.6) is 0 Å². The zero-order valence-electron chi connectivity index (χ0n) is 12.2. The van der Waals surface area contributed by atoms with E-state index in [1.807, 2.05) is 12.1 Å². The van der Waals surface area contributed by atoms with Crippen molar-refractivity contribution in [2.75, 3.05) is 18.0 Å². The number of thiophene rings is 1. The number of hydrogen-bond acceptors (Lipinski definition) is 3. The minimum Gasteiger partial charge on any atom is -0.364 e. The topological polar surface area (TPSA) is 15.3 Å². The number of benzene rings is 2. The Kier molecular flexibility index (Phi) is 3.56.